The van der Waals surface area contributed by atoms with Crippen molar-refractivity contribution in [2.24, 2.45) is 0 Å². The van der Waals surface area contributed by atoms with Crippen LogP contribution in [0, 0.1) is 0 Å². The van der Waals surface area contributed by atoms with E-state index in [2.05, 4.69) is 181 Å². The molecule has 2 heterocycles. The molecule has 10 aromatic rings. The monoisotopic (exact) mass is 666 g/mol. The van der Waals surface area contributed by atoms with Crippen molar-refractivity contribution in [2.45, 2.75) is 19.3 Å². The fraction of sp³-hybridized carbons (Fsp3) is 0.0612. The number of fused-ring (bicyclic) bond motifs is 11. The minimum Gasteiger partial charge on any atom is -0.456 e. The van der Waals surface area contributed by atoms with Crippen molar-refractivity contribution >= 4 is 71.6 Å². The van der Waals surface area contributed by atoms with E-state index >= 15 is 0 Å². The highest BCUT2D eigenvalue weighted by Crippen LogP contribution is 2.52. The van der Waals surface area contributed by atoms with E-state index in [1.54, 1.807) is 0 Å². The molecular weight excluding hydrogens is 633 g/mol. The molecule has 0 saturated heterocycles. The Labute approximate surface area is 301 Å². The van der Waals surface area contributed by atoms with Crippen LogP contribution in [-0.4, -0.2) is 4.57 Å². The highest BCUT2D eigenvalue weighted by atomic mass is 16.3. The molecule has 11 rings (SSSR count). The summed E-state index contributed by atoms with van der Waals surface area (Å²) in [5, 5.41) is 7.40. The molecular formula is C49H34N2O. The number of furan rings is 1. The van der Waals surface area contributed by atoms with Crippen LogP contribution in [-0.2, 0) is 5.41 Å². The average Bonchev–Trinajstić information content (AvgIpc) is 3.81. The van der Waals surface area contributed by atoms with Gasteiger partial charge in [0.15, 0.2) is 0 Å². The van der Waals surface area contributed by atoms with E-state index in [9.17, 15) is 0 Å². The van der Waals surface area contributed by atoms with Crippen molar-refractivity contribution in [3.05, 3.63) is 181 Å². The van der Waals surface area contributed by atoms with Gasteiger partial charge in [-0.05, 0) is 106 Å². The number of hydrogen-bond donors (Lipinski definition) is 0. The number of aromatic nitrogens is 1. The maximum Gasteiger partial charge on any atom is 0.135 e. The first-order valence-corrected chi connectivity index (χ1v) is 18.0. The SMILES string of the molecule is CC1(C)c2cc(N(c3ccccc3)c3ccc4oc5ccccc5c4c3)ccc2-c2ccc(-n3c4ccccc4c4c5ccccc5ccc43)cc21. The van der Waals surface area contributed by atoms with Crippen molar-refractivity contribution in [1.29, 1.82) is 0 Å². The molecule has 8 aromatic carbocycles. The lowest BCUT2D eigenvalue weighted by Crippen LogP contribution is -2.17. The third-order valence-corrected chi connectivity index (χ3v) is 11.4. The van der Waals surface area contributed by atoms with Gasteiger partial charge in [0.1, 0.15) is 11.2 Å². The summed E-state index contributed by atoms with van der Waals surface area (Å²) in [6.07, 6.45) is 0. The van der Waals surface area contributed by atoms with Crippen LogP contribution in [0.4, 0.5) is 17.1 Å². The second-order valence-electron chi connectivity index (χ2n) is 14.6. The van der Waals surface area contributed by atoms with Crippen molar-refractivity contribution < 1.29 is 4.42 Å². The van der Waals surface area contributed by atoms with E-state index < -0.39 is 0 Å². The molecule has 0 aliphatic heterocycles. The van der Waals surface area contributed by atoms with Gasteiger partial charge in [0, 0.05) is 49.7 Å². The zero-order chi connectivity index (χ0) is 34.6. The summed E-state index contributed by atoms with van der Waals surface area (Å²) in [4.78, 5) is 2.37. The molecule has 0 atom stereocenters. The van der Waals surface area contributed by atoms with E-state index in [1.807, 2.05) is 12.1 Å². The Kier molecular flexibility index (Phi) is 6.01. The largest absolute Gasteiger partial charge is 0.456 e. The summed E-state index contributed by atoms with van der Waals surface area (Å²) in [5.74, 6) is 0. The van der Waals surface area contributed by atoms with Crippen molar-refractivity contribution in [1.82, 2.24) is 4.57 Å². The predicted octanol–water partition coefficient (Wildman–Crippen LogP) is 13.6. The normalized spacial score (nSPS) is 13.3. The molecule has 3 heteroatoms. The summed E-state index contributed by atoms with van der Waals surface area (Å²) in [6, 6.07) is 61.7. The molecule has 0 saturated carbocycles. The van der Waals surface area contributed by atoms with Crippen molar-refractivity contribution in [3.63, 3.8) is 0 Å². The van der Waals surface area contributed by atoms with Crippen LogP contribution < -0.4 is 4.90 Å². The van der Waals surface area contributed by atoms with Gasteiger partial charge >= 0.3 is 0 Å². The topological polar surface area (TPSA) is 21.3 Å². The first-order chi connectivity index (χ1) is 25.5. The standard InChI is InChI=1S/C49H34N2O/c1-49(2)42-29-34(50(32-13-4-3-5-14-32)33-23-27-47-41(28-33)39-16-9-11-19-46(39)52-47)21-24-37(42)38-25-22-35(30-43(38)49)51-44-18-10-8-17-40(44)48-36-15-7-6-12-31(36)20-26-45(48)51/h3-30H,1-2H3. The maximum absolute atomic E-state index is 6.20. The van der Waals surface area contributed by atoms with Crippen LogP contribution in [0.15, 0.2) is 174 Å². The van der Waals surface area contributed by atoms with Crippen LogP contribution in [0.5, 0.6) is 0 Å². The molecule has 52 heavy (non-hydrogen) atoms. The Morgan fingerprint density at radius 2 is 1.12 bits per heavy atom. The Balaban J connectivity index is 1.07. The summed E-state index contributed by atoms with van der Waals surface area (Å²) < 4.78 is 8.66. The van der Waals surface area contributed by atoms with Crippen LogP contribution >= 0.6 is 0 Å². The van der Waals surface area contributed by atoms with Gasteiger partial charge in [-0.1, -0.05) is 111 Å². The lowest BCUT2D eigenvalue weighted by Gasteiger charge is -2.28. The minimum atomic E-state index is -0.213. The third-order valence-electron chi connectivity index (χ3n) is 11.4. The Morgan fingerprint density at radius 3 is 1.98 bits per heavy atom. The fourth-order valence-corrected chi connectivity index (χ4v) is 8.89. The van der Waals surface area contributed by atoms with Gasteiger partial charge in [-0.2, -0.15) is 0 Å². The van der Waals surface area contributed by atoms with Gasteiger partial charge < -0.3 is 13.9 Å². The Bertz CT molecular complexity index is 3050. The van der Waals surface area contributed by atoms with Gasteiger partial charge in [-0.25, -0.2) is 0 Å². The maximum atomic E-state index is 6.20. The second kappa shape index (κ2) is 10.7. The van der Waals surface area contributed by atoms with Gasteiger partial charge in [0.05, 0.1) is 11.0 Å². The van der Waals surface area contributed by atoms with Crippen LogP contribution in [0.25, 0.3) is 71.3 Å². The zero-order valence-electron chi connectivity index (χ0n) is 29.0. The van der Waals surface area contributed by atoms with Crippen LogP contribution in [0.3, 0.4) is 0 Å². The summed E-state index contributed by atoms with van der Waals surface area (Å²) in [6.45, 7) is 4.75. The molecule has 0 amide bonds. The Hall–Kier alpha value is -6.58. The first-order valence-electron chi connectivity index (χ1n) is 18.0. The number of nitrogens with zero attached hydrogens (tertiary/aromatic N) is 2. The highest BCUT2D eigenvalue weighted by Gasteiger charge is 2.36. The van der Waals surface area contributed by atoms with Gasteiger partial charge in [-0.3, -0.25) is 0 Å². The number of para-hydroxylation sites is 3. The molecule has 0 unspecified atom stereocenters. The molecule has 1 aliphatic carbocycles. The smallest absolute Gasteiger partial charge is 0.135 e. The Morgan fingerprint density at radius 1 is 0.462 bits per heavy atom. The van der Waals surface area contributed by atoms with Crippen LogP contribution in [0.2, 0.25) is 0 Å². The average molecular weight is 667 g/mol. The number of rotatable bonds is 4. The lowest BCUT2D eigenvalue weighted by atomic mass is 9.82. The summed E-state index contributed by atoms with van der Waals surface area (Å²) in [5.41, 5.74) is 13.9. The fourth-order valence-electron chi connectivity index (χ4n) is 8.89. The first kappa shape index (κ1) is 29.2. The molecule has 0 N–H and O–H groups in total. The molecule has 246 valence electrons. The molecule has 2 aromatic heterocycles. The van der Waals surface area contributed by atoms with E-state index in [-0.39, 0.29) is 5.41 Å². The van der Waals surface area contributed by atoms with Crippen molar-refractivity contribution in [2.75, 3.05) is 4.90 Å². The number of anilines is 3. The highest BCUT2D eigenvalue weighted by molar-refractivity contribution is 6.21. The van der Waals surface area contributed by atoms with Gasteiger partial charge in [-0.15, -0.1) is 0 Å². The minimum absolute atomic E-state index is 0.213. The van der Waals surface area contributed by atoms with Gasteiger partial charge in [0.25, 0.3) is 0 Å². The summed E-state index contributed by atoms with van der Waals surface area (Å²) in [7, 11) is 0. The van der Waals surface area contributed by atoms with E-state index in [1.165, 1.54) is 60.5 Å². The quantitative estimate of drug-likeness (QED) is 0.186. The predicted molar refractivity (Wildman–Crippen MR) is 218 cm³/mol. The number of hydrogen-bond acceptors (Lipinski definition) is 2. The summed E-state index contributed by atoms with van der Waals surface area (Å²) >= 11 is 0. The van der Waals surface area contributed by atoms with E-state index in [0.29, 0.717) is 0 Å². The third kappa shape index (κ3) is 4.08. The van der Waals surface area contributed by atoms with E-state index in [0.717, 1.165) is 39.0 Å². The second-order valence-corrected chi connectivity index (χ2v) is 14.6. The van der Waals surface area contributed by atoms with E-state index in [4.69, 9.17) is 4.42 Å². The molecule has 0 spiro atoms. The zero-order valence-corrected chi connectivity index (χ0v) is 29.0. The molecule has 0 fully saturated rings. The van der Waals surface area contributed by atoms with Gasteiger partial charge in [0.2, 0.25) is 0 Å². The number of benzene rings is 8. The molecule has 0 radical (unpaired) electrons. The van der Waals surface area contributed by atoms with Crippen LogP contribution in [0.1, 0.15) is 25.0 Å². The molecule has 3 nitrogen and oxygen atoms in total. The molecule has 0 bridgehead atoms. The molecule has 1 aliphatic rings. The lowest BCUT2D eigenvalue weighted by molar-refractivity contribution is 0.660. The van der Waals surface area contributed by atoms with Crippen molar-refractivity contribution in [3.8, 4) is 16.8 Å².